The molecule has 0 saturated heterocycles. The maximum atomic E-state index is 5.77. The molecule has 0 aliphatic rings. The minimum absolute atomic E-state index is 0.328. The number of ether oxygens (including phenoxy) is 1. The molecule has 0 fully saturated rings. The number of nitrogens with zero attached hydrogens (tertiary/aromatic N) is 4. The SMILES string of the molecule is C=CCNCc1ccc(Oc2nnnn2-c2ccccc2)cc1. The average Bonchev–Trinajstić information content (AvgIpc) is 3.06. The van der Waals surface area contributed by atoms with Crippen LogP contribution in [-0.4, -0.2) is 26.8 Å². The summed E-state index contributed by atoms with van der Waals surface area (Å²) in [6.07, 6.45) is 1.83. The van der Waals surface area contributed by atoms with Gasteiger partial charge in [-0.2, -0.15) is 4.68 Å². The van der Waals surface area contributed by atoms with Gasteiger partial charge in [-0.25, -0.2) is 0 Å². The van der Waals surface area contributed by atoms with Gasteiger partial charge in [-0.05, 0) is 40.3 Å². The summed E-state index contributed by atoms with van der Waals surface area (Å²) in [5, 5.41) is 14.8. The molecule has 0 aliphatic carbocycles. The molecule has 6 nitrogen and oxygen atoms in total. The molecule has 6 heteroatoms. The van der Waals surface area contributed by atoms with E-state index < -0.39 is 0 Å². The third-order valence-corrected chi connectivity index (χ3v) is 3.19. The average molecular weight is 307 g/mol. The van der Waals surface area contributed by atoms with E-state index in [0.717, 1.165) is 18.8 Å². The Morgan fingerprint density at radius 3 is 2.61 bits per heavy atom. The van der Waals surface area contributed by atoms with Gasteiger partial charge in [-0.3, -0.25) is 0 Å². The number of benzene rings is 2. The summed E-state index contributed by atoms with van der Waals surface area (Å²) in [4.78, 5) is 0. The number of nitrogens with one attached hydrogen (secondary N) is 1. The van der Waals surface area contributed by atoms with Gasteiger partial charge in [-0.1, -0.05) is 41.5 Å². The van der Waals surface area contributed by atoms with E-state index in [9.17, 15) is 0 Å². The largest absolute Gasteiger partial charge is 0.423 e. The topological polar surface area (TPSA) is 64.9 Å². The Hall–Kier alpha value is -2.99. The Bertz CT molecular complexity index is 752. The van der Waals surface area contributed by atoms with Crippen LogP contribution >= 0.6 is 0 Å². The third kappa shape index (κ3) is 3.81. The van der Waals surface area contributed by atoms with Gasteiger partial charge in [-0.15, -0.1) is 6.58 Å². The fourth-order valence-corrected chi connectivity index (χ4v) is 2.07. The summed E-state index contributed by atoms with van der Waals surface area (Å²) in [6.45, 7) is 5.24. The first-order valence-corrected chi connectivity index (χ1v) is 7.29. The summed E-state index contributed by atoms with van der Waals surface area (Å²) in [5.41, 5.74) is 2.01. The van der Waals surface area contributed by atoms with E-state index in [1.54, 1.807) is 4.68 Å². The fraction of sp³-hybridized carbons (Fsp3) is 0.118. The fourth-order valence-electron chi connectivity index (χ4n) is 2.07. The Balaban J connectivity index is 1.71. The van der Waals surface area contributed by atoms with Crippen LogP contribution in [0.2, 0.25) is 0 Å². The van der Waals surface area contributed by atoms with Crippen molar-refractivity contribution in [2.75, 3.05) is 6.54 Å². The number of tetrazole rings is 1. The van der Waals surface area contributed by atoms with Crippen molar-refractivity contribution in [1.29, 1.82) is 0 Å². The van der Waals surface area contributed by atoms with Gasteiger partial charge in [0.05, 0.1) is 5.69 Å². The molecule has 1 N–H and O–H groups in total. The van der Waals surface area contributed by atoms with Gasteiger partial charge in [0.1, 0.15) is 5.75 Å². The zero-order valence-corrected chi connectivity index (χ0v) is 12.6. The maximum Gasteiger partial charge on any atom is 0.345 e. The van der Waals surface area contributed by atoms with Gasteiger partial charge >= 0.3 is 6.01 Å². The monoisotopic (exact) mass is 307 g/mol. The van der Waals surface area contributed by atoms with Crippen LogP contribution in [0.15, 0.2) is 67.3 Å². The molecule has 0 radical (unpaired) electrons. The number of para-hydroxylation sites is 1. The van der Waals surface area contributed by atoms with E-state index in [1.807, 2.05) is 60.7 Å². The van der Waals surface area contributed by atoms with E-state index in [2.05, 4.69) is 27.4 Å². The molecule has 0 atom stereocenters. The van der Waals surface area contributed by atoms with Crippen molar-refractivity contribution in [1.82, 2.24) is 25.5 Å². The summed E-state index contributed by atoms with van der Waals surface area (Å²) in [6, 6.07) is 17.7. The standard InChI is InChI=1S/C17H17N5O/c1-2-12-18-13-14-8-10-16(11-9-14)23-17-19-20-21-22(17)15-6-4-3-5-7-15/h2-11,18H,1,12-13H2. The van der Waals surface area contributed by atoms with Crippen LogP contribution < -0.4 is 10.1 Å². The van der Waals surface area contributed by atoms with Crippen molar-refractivity contribution >= 4 is 0 Å². The van der Waals surface area contributed by atoms with Gasteiger partial charge in [0.2, 0.25) is 0 Å². The first-order valence-electron chi connectivity index (χ1n) is 7.29. The zero-order valence-electron chi connectivity index (χ0n) is 12.6. The normalized spacial score (nSPS) is 10.4. The molecular formula is C17H17N5O. The molecule has 1 heterocycles. The van der Waals surface area contributed by atoms with Crippen LogP contribution in [0.3, 0.4) is 0 Å². The van der Waals surface area contributed by atoms with Crippen LogP contribution in [-0.2, 0) is 6.54 Å². The lowest BCUT2D eigenvalue weighted by molar-refractivity contribution is 0.427. The predicted molar refractivity (Wildman–Crippen MR) is 87.6 cm³/mol. The van der Waals surface area contributed by atoms with E-state index in [4.69, 9.17) is 4.74 Å². The summed E-state index contributed by atoms with van der Waals surface area (Å²) >= 11 is 0. The van der Waals surface area contributed by atoms with Crippen LogP contribution in [0.5, 0.6) is 11.8 Å². The van der Waals surface area contributed by atoms with E-state index in [1.165, 1.54) is 5.56 Å². The number of aromatic nitrogens is 4. The Morgan fingerprint density at radius 1 is 1.09 bits per heavy atom. The van der Waals surface area contributed by atoms with Crippen molar-refractivity contribution in [3.63, 3.8) is 0 Å². The Morgan fingerprint density at radius 2 is 1.87 bits per heavy atom. The summed E-state index contributed by atoms with van der Waals surface area (Å²) in [7, 11) is 0. The third-order valence-electron chi connectivity index (χ3n) is 3.19. The number of hydrogen-bond acceptors (Lipinski definition) is 5. The zero-order chi connectivity index (χ0) is 15.9. The van der Waals surface area contributed by atoms with Crippen LogP contribution in [0.1, 0.15) is 5.56 Å². The maximum absolute atomic E-state index is 5.77. The highest BCUT2D eigenvalue weighted by Gasteiger charge is 2.10. The number of hydrogen-bond donors (Lipinski definition) is 1. The molecule has 1 aromatic heterocycles. The van der Waals surface area contributed by atoms with Crippen LogP contribution in [0, 0.1) is 0 Å². The molecule has 0 saturated carbocycles. The number of rotatable bonds is 7. The molecule has 3 aromatic rings. The first-order chi connectivity index (χ1) is 11.4. The van der Waals surface area contributed by atoms with Crippen molar-refractivity contribution in [3.05, 3.63) is 72.8 Å². The molecule has 0 amide bonds. The van der Waals surface area contributed by atoms with Gasteiger partial charge in [0.15, 0.2) is 0 Å². The van der Waals surface area contributed by atoms with Gasteiger partial charge in [0.25, 0.3) is 0 Å². The molecule has 23 heavy (non-hydrogen) atoms. The van der Waals surface area contributed by atoms with Gasteiger partial charge < -0.3 is 10.1 Å². The minimum atomic E-state index is 0.328. The van der Waals surface area contributed by atoms with E-state index in [-0.39, 0.29) is 0 Å². The summed E-state index contributed by atoms with van der Waals surface area (Å²) < 4.78 is 7.33. The second-order valence-electron chi connectivity index (χ2n) is 4.87. The molecule has 0 spiro atoms. The molecule has 0 aliphatic heterocycles. The lowest BCUT2D eigenvalue weighted by Gasteiger charge is -2.07. The Labute approximate surface area is 134 Å². The van der Waals surface area contributed by atoms with Crippen molar-refractivity contribution in [2.45, 2.75) is 6.54 Å². The molecule has 0 bridgehead atoms. The highest BCUT2D eigenvalue weighted by atomic mass is 16.5. The second kappa shape index (κ2) is 7.33. The molecule has 3 rings (SSSR count). The quantitative estimate of drug-likeness (QED) is 0.537. The molecule has 116 valence electrons. The van der Waals surface area contributed by atoms with E-state index >= 15 is 0 Å². The molecule has 0 unspecified atom stereocenters. The smallest absolute Gasteiger partial charge is 0.345 e. The highest BCUT2D eigenvalue weighted by Crippen LogP contribution is 2.21. The minimum Gasteiger partial charge on any atom is -0.423 e. The summed E-state index contributed by atoms with van der Waals surface area (Å²) in [5.74, 6) is 0.685. The molecule has 2 aromatic carbocycles. The van der Waals surface area contributed by atoms with Crippen molar-refractivity contribution < 1.29 is 4.74 Å². The lowest BCUT2D eigenvalue weighted by atomic mass is 10.2. The van der Waals surface area contributed by atoms with Crippen LogP contribution in [0.4, 0.5) is 0 Å². The van der Waals surface area contributed by atoms with Crippen LogP contribution in [0.25, 0.3) is 5.69 Å². The highest BCUT2D eigenvalue weighted by molar-refractivity contribution is 5.34. The Kier molecular flexibility index (Phi) is 4.76. The predicted octanol–water partition coefficient (Wildman–Crippen LogP) is 2.73. The van der Waals surface area contributed by atoms with E-state index in [0.29, 0.717) is 11.8 Å². The van der Waals surface area contributed by atoms with Gasteiger partial charge in [0, 0.05) is 13.1 Å². The second-order valence-corrected chi connectivity index (χ2v) is 4.87. The molecular weight excluding hydrogens is 290 g/mol. The first kappa shape index (κ1) is 14.9. The lowest BCUT2D eigenvalue weighted by Crippen LogP contribution is -2.12. The van der Waals surface area contributed by atoms with Crippen molar-refractivity contribution in [2.24, 2.45) is 0 Å². The van der Waals surface area contributed by atoms with Crippen molar-refractivity contribution in [3.8, 4) is 17.4 Å².